The van der Waals surface area contributed by atoms with Gasteiger partial charge in [-0.25, -0.2) is 0 Å². The number of nitrogens with two attached hydrogens (primary N) is 1. The van der Waals surface area contributed by atoms with Crippen LogP contribution in [-0.4, -0.2) is 49.2 Å². The molecule has 1 aliphatic rings. The minimum absolute atomic E-state index is 0.0571. The highest BCUT2D eigenvalue weighted by Gasteiger charge is 2.16. The fourth-order valence-corrected chi connectivity index (χ4v) is 2.59. The lowest BCUT2D eigenvalue weighted by atomic mass is 10.0. The minimum atomic E-state index is 0.0571. The van der Waals surface area contributed by atoms with E-state index in [9.17, 15) is 0 Å². The predicted octanol–water partition coefficient (Wildman–Crippen LogP) is 0.974. The number of methoxy groups -OCH3 is 1. The summed E-state index contributed by atoms with van der Waals surface area (Å²) in [7, 11) is 3.74. The van der Waals surface area contributed by atoms with E-state index < -0.39 is 0 Å². The normalized spacial score (nSPS) is 17.9. The average Bonchev–Trinajstić information content (AvgIpc) is 2.53. The van der Waals surface area contributed by atoms with Gasteiger partial charge in [-0.05, 0) is 50.7 Å². The first-order valence-corrected chi connectivity index (χ1v) is 7.20. The van der Waals surface area contributed by atoms with E-state index in [2.05, 4.69) is 22.4 Å². The van der Waals surface area contributed by atoms with E-state index in [0.29, 0.717) is 17.4 Å². The Balaban J connectivity index is 1.98. The molecule has 4 N–H and O–H groups in total. The summed E-state index contributed by atoms with van der Waals surface area (Å²) in [5.41, 5.74) is 7.35. The van der Waals surface area contributed by atoms with Gasteiger partial charge in [0.15, 0.2) is 5.84 Å². The lowest BCUT2D eigenvalue weighted by molar-refractivity contribution is 0.234. The summed E-state index contributed by atoms with van der Waals surface area (Å²) in [5.74, 6) is 0.676. The molecule has 6 heteroatoms. The summed E-state index contributed by atoms with van der Waals surface area (Å²) in [6, 6.07) is 6.28. The third kappa shape index (κ3) is 4.09. The Labute approximate surface area is 125 Å². The van der Waals surface area contributed by atoms with Crippen LogP contribution in [0, 0.1) is 0 Å². The van der Waals surface area contributed by atoms with Crippen molar-refractivity contribution in [2.45, 2.75) is 25.4 Å². The SMILES string of the molecule is COc1cc(CNC2CCN(C)CC2)ccc1/C(N)=N/O. The Morgan fingerprint density at radius 1 is 1.48 bits per heavy atom. The van der Waals surface area contributed by atoms with Crippen LogP contribution in [0.2, 0.25) is 0 Å². The number of nitrogens with one attached hydrogen (secondary N) is 1. The summed E-state index contributed by atoms with van der Waals surface area (Å²) in [6.07, 6.45) is 2.35. The van der Waals surface area contributed by atoms with Gasteiger partial charge in [0.25, 0.3) is 0 Å². The molecular weight excluding hydrogens is 268 g/mol. The van der Waals surface area contributed by atoms with Crippen LogP contribution in [0.25, 0.3) is 0 Å². The zero-order chi connectivity index (χ0) is 15.2. The number of benzene rings is 1. The zero-order valence-corrected chi connectivity index (χ0v) is 12.7. The molecule has 0 saturated carbocycles. The number of piperidine rings is 1. The molecule has 0 aromatic heterocycles. The molecule has 0 aliphatic carbocycles. The van der Waals surface area contributed by atoms with Gasteiger partial charge in [0.05, 0.1) is 12.7 Å². The molecular formula is C15H24N4O2. The minimum Gasteiger partial charge on any atom is -0.496 e. The largest absolute Gasteiger partial charge is 0.496 e. The van der Waals surface area contributed by atoms with Gasteiger partial charge in [-0.15, -0.1) is 0 Å². The molecule has 0 atom stereocenters. The van der Waals surface area contributed by atoms with Gasteiger partial charge in [-0.1, -0.05) is 11.2 Å². The average molecular weight is 292 g/mol. The fourth-order valence-electron chi connectivity index (χ4n) is 2.59. The van der Waals surface area contributed by atoms with Crippen LogP contribution in [0.3, 0.4) is 0 Å². The third-order valence-corrected chi connectivity index (χ3v) is 3.96. The van der Waals surface area contributed by atoms with E-state index >= 15 is 0 Å². The number of hydrogen-bond donors (Lipinski definition) is 3. The monoisotopic (exact) mass is 292 g/mol. The molecule has 116 valence electrons. The molecule has 1 fully saturated rings. The van der Waals surface area contributed by atoms with Gasteiger partial charge in [0.2, 0.25) is 0 Å². The fraction of sp³-hybridized carbons (Fsp3) is 0.533. The third-order valence-electron chi connectivity index (χ3n) is 3.96. The van der Waals surface area contributed by atoms with Gasteiger partial charge in [-0.3, -0.25) is 0 Å². The van der Waals surface area contributed by atoms with Crippen molar-refractivity contribution in [1.82, 2.24) is 10.2 Å². The number of nitrogens with zero attached hydrogens (tertiary/aromatic N) is 2. The van der Waals surface area contributed by atoms with Crippen LogP contribution < -0.4 is 15.8 Å². The number of rotatable bonds is 5. The Hall–Kier alpha value is -1.79. The van der Waals surface area contributed by atoms with Gasteiger partial charge in [0, 0.05) is 12.6 Å². The standard InChI is InChI=1S/C15H24N4O2/c1-19-7-5-12(6-8-19)17-10-11-3-4-13(15(16)18-20)14(9-11)21-2/h3-4,9,12,17,20H,5-8,10H2,1-2H3,(H2,16,18). The number of amidine groups is 1. The molecule has 21 heavy (non-hydrogen) atoms. The molecule has 0 radical (unpaired) electrons. The quantitative estimate of drug-likeness (QED) is 0.326. The van der Waals surface area contributed by atoms with Crippen LogP contribution in [0.4, 0.5) is 0 Å². The van der Waals surface area contributed by atoms with E-state index in [0.717, 1.165) is 25.2 Å². The molecule has 1 aliphatic heterocycles. The Bertz CT molecular complexity index is 496. The van der Waals surface area contributed by atoms with E-state index in [1.165, 1.54) is 12.8 Å². The first-order valence-electron chi connectivity index (χ1n) is 7.20. The topological polar surface area (TPSA) is 83.1 Å². The van der Waals surface area contributed by atoms with E-state index in [-0.39, 0.29) is 5.84 Å². The van der Waals surface area contributed by atoms with Gasteiger partial charge in [-0.2, -0.15) is 0 Å². The summed E-state index contributed by atoms with van der Waals surface area (Å²) in [6.45, 7) is 3.08. The van der Waals surface area contributed by atoms with Crippen molar-refractivity contribution in [2.75, 3.05) is 27.2 Å². The first kappa shape index (κ1) is 15.6. The van der Waals surface area contributed by atoms with Gasteiger partial charge < -0.3 is 25.9 Å². The summed E-state index contributed by atoms with van der Waals surface area (Å²) in [5, 5.41) is 15.4. The lowest BCUT2D eigenvalue weighted by Gasteiger charge is -2.29. The van der Waals surface area contributed by atoms with Crippen molar-refractivity contribution in [3.63, 3.8) is 0 Å². The molecule has 1 saturated heterocycles. The molecule has 0 spiro atoms. The summed E-state index contributed by atoms with van der Waals surface area (Å²) in [4.78, 5) is 2.35. The van der Waals surface area contributed by atoms with E-state index in [4.69, 9.17) is 15.7 Å². The first-order chi connectivity index (χ1) is 10.1. The maximum atomic E-state index is 8.76. The molecule has 1 aromatic rings. The Morgan fingerprint density at radius 2 is 2.19 bits per heavy atom. The highest BCUT2D eigenvalue weighted by molar-refractivity contribution is 5.99. The number of oxime groups is 1. The summed E-state index contributed by atoms with van der Waals surface area (Å²) < 4.78 is 5.31. The molecule has 2 rings (SSSR count). The molecule has 0 amide bonds. The highest BCUT2D eigenvalue weighted by Crippen LogP contribution is 2.20. The second kappa shape index (κ2) is 7.28. The maximum Gasteiger partial charge on any atom is 0.173 e. The van der Waals surface area contributed by atoms with Crippen molar-refractivity contribution in [1.29, 1.82) is 0 Å². The van der Waals surface area contributed by atoms with Crippen LogP contribution >= 0.6 is 0 Å². The molecule has 1 heterocycles. The van der Waals surface area contributed by atoms with Crippen molar-refractivity contribution >= 4 is 5.84 Å². The number of likely N-dealkylation sites (tertiary alicyclic amines) is 1. The summed E-state index contributed by atoms with van der Waals surface area (Å²) >= 11 is 0. The Kier molecular flexibility index (Phi) is 5.41. The maximum absolute atomic E-state index is 8.76. The molecule has 0 bridgehead atoms. The van der Waals surface area contributed by atoms with Crippen LogP contribution in [-0.2, 0) is 6.54 Å². The smallest absolute Gasteiger partial charge is 0.173 e. The van der Waals surface area contributed by atoms with Crippen molar-refractivity contribution in [3.8, 4) is 5.75 Å². The van der Waals surface area contributed by atoms with Gasteiger partial charge >= 0.3 is 0 Å². The second-order valence-corrected chi connectivity index (χ2v) is 5.48. The number of ether oxygens (including phenoxy) is 1. The highest BCUT2D eigenvalue weighted by atomic mass is 16.5. The lowest BCUT2D eigenvalue weighted by Crippen LogP contribution is -2.40. The van der Waals surface area contributed by atoms with Crippen LogP contribution in [0.15, 0.2) is 23.4 Å². The van der Waals surface area contributed by atoms with Crippen LogP contribution in [0.5, 0.6) is 5.75 Å². The van der Waals surface area contributed by atoms with Crippen molar-refractivity contribution in [3.05, 3.63) is 29.3 Å². The zero-order valence-electron chi connectivity index (χ0n) is 12.7. The van der Waals surface area contributed by atoms with Gasteiger partial charge in [0.1, 0.15) is 5.75 Å². The van der Waals surface area contributed by atoms with E-state index in [1.54, 1.807) is 7.11 Å². The van der Waals surface area contributed by atoms with Crippen molar-refractivity contribution in [2.24, 2.45) is 10.9 Å². The number of hydrogen-bond acceptors (Lipinski definition) is 5. The Morgan fingerprint density at radius 3 is 2.81 bits per heavy atom. The molecule has 1 aromatic carbocycles. The van der Waals surface area contributed by atoms with Crippen molar-refractivity contribution < 1.29 is 9.94 Å². The van der Waals surface area contributed by atoms with E-state index in [1.807, 2.05) is 18.2 Å². The molecule has 6 nitrogen and oxygen atoms in total. The van der Waals surface area contributed by atoms with Crippen LogP contribution in [0.1, 0.15) is 24.0 Å². The predicted molar refractivity (Wildman–Crippen MR) is 82.9 cm³/mol. The molecule has 0 unspecified atom stereocenters. The second-order valence-electron chi connectivity index (χ2n) is 5.48.